The fraction of sp³-hybridized carbons (Fsp3) is 0.909. The van der Waals surface area contributed by atoms with Crippen LogP contribution in [0.1, 0.15) is 46.0 Å². The molecule has 11 unspecified atom stereocenters. The van der Waals surface area contributed by atoms with Crippen molar-refractivity contribution in [3.05, 3.63) is 12.2 Å². The van der Waals surface area contributed by atoms with Crippen LogP contribution in [0.5, 0.6) is 0 Å². The normalized spacial score (nSPS) is 65.5. The van der Waals surface area contributed by atoms with E-state index in [0.717, 1.165) is 50.8 Å². The van der Waals surface area contributed by atoms with Crippen LogP contribution in [0, 0.1) is 39.9 Å². The van der Waals surface area contributed by atoms with Crippen LogP contribution in [0.25, 0.3) is 0 Å². The van der Waals surface area contributed by atoms with Gasteiger partial charge in [0.05, 0.1) is 18.3 Å². The van der Waals surface area contributed by atoms with Gasteiger partial charge in [-0.2, -0.15) is 0 Å². The maximum Gasteiger partial charge on any atom is 0.0810 e. The van der Waals surface area contributed by atoms with E-state index < -0.39 is 12.2 Å². The zero-order valence-corrected chi connectivity index (χ0v) is 16.1. The third kappa shape index (κ3) is 1.40. The number of nitrogens with zero attached hydrogens (tertiary/aromatic N) is 1. The number of aliphatic hydroxyl groups excluding tert-OH is 3. The Bertz CT molecular complexity index is 695. The monoisotopic (exact) mass is 359 g/mol. The summed E-state index contributed by atoms with van der Waals surface area (Å²) >= 11 is 0. The Morgan fingerprint density at radius 2 is 2.00 bits per heavy atom. The van der Waals surface area contributed by atoms with Gasteiger partial charge in [0.25, 0.3) is 0 Å². The largest absolute Gasteiger partial charge is 0.392 e. The Hall–Kier alpha value is -0.420. The second-order valence-corrected chi connectivity index (χ2v) is 10.9. The van der Waals surface area contributed by atoms with Crippen LogP contribution in [0.15, 0.2) is 12.2 Å². The summed E-state index contributed by atoms with van der Waals surface area (Å²) < 4.78 is 0. The predicted molar refractivity (Wildman–Crippen MR) is 98.2 cm³/mol. The first kappa shape index (κ1) is 16.5. The number of likely N-dealkylation sites (tertiary alicyclic amines) is 1. The molecule has 1 heterocycles. The van der Waals surface area contributed by atoms with E-state index >= 15 is 0 Å². The molecule has 26 heavy (non-hydrogen) atoms. The van der Waals surface area contributed by atoms with Gasteiger partial charge < -0.3 is 15.3 Å². The highest BCUT2D eigenvalue weighted by molar-refractivity contribution is 5.38. The summed E-state index contributed by atoms with van der Waals surface area (Å²) in [6.07, 6.45) is 3.50. The number of aliphatic hydroxyl groups is 3. The molecule has 144 valence electrons. The molecule has 3 N–H and O–H groups in total. The van der Waals surface area contributed by atoms with Gasteiger partial charge in [0.2, 0.25) is 0 Å². The standard InChI is InChI=1S/C22H33NO3/c1-4-23-10-20(3)6-5-16(25)22-15-7-14(24)12-8-21(15,19(26)11(12)2)9-13(17(20)22)18(22)23/h12-19,24-26H,2,4-10H2,1,3H3. The minimum atomic E-state index is -0.495. The van der Waals surface area contributed by atoms with Gasteiger partial charge in [-0.05, 0) is 67.4 Å². The van der Waals surface area contributed by atoms with Crippen LogP contribution in [-0.2, 0) is 0 Å². The molecule has 1 saturated heterocycles. The molecule has 6 bridgehead atoms. The molecule has 0 aromatic heterocycles. The van der Waals surface area contributed by atoms with Crippen molar-refractivity contribution in [2.75, 3.05) is 13.1 Å². The molecule has 0 radical (unpaired) electrons. The minimum Gasteiger partial charge on any atom is -0.392 e. The lowest BCUT2D eigenvalue weighted by Crippen LogP contribution is -2.88. The first-order valence-electron chi connectivity index (χ1n) is 10.8. The van der Waals surface area contributed by atoms with Gasteiger partial charge in [0, 0.05) is 29.3 Å². The minimum absolute atomic E-state index is 0.0596. The molecule has 6 aliphatic carbocycles. The highest BCUT2D eigenvalue weighted by Crippen LogP contribution is 2.83. The Kier molecular flexibility index (Phi) is 2.92. The Balaban J connectivity index is 1.55. The number of hydrogen-bond acceptors (Lipinski definition) is 4. The topological polar surface area (TPSA) is 63.9 Å². The van der Waals surface area contributed by atoms with Gasteiger partial charge in [-0.15, -0.1) is 0 Å². The van der Waals surface area contributed by atoms with Crippen LogP contribution >= 0.6 is 0 Å². The first-order chi connectivity index (χ1) is 12.3. The maximum atomic E-state index is 11.4. The summed E-state index contributed by atoms with van der Waals surface area (Å²) in [5.41, 5.74) is 0.873. The molecule has 7 rings (SSSR count). The third-order valence-corrected chi connectivity index (χ3v) is 10.4. The summed E-state index contributed by atoms with van der Waals surface area (Å²) in [6.45, 7) is 11.1. The van der Waals surface area contributed by atoms with Crippen LogP contribution in [0.2, 0.25) is 0 Å². The van der Waals surface area contributed by atoms with Gasteiger partial charge in [0.1, 0.15) is 0 Å². The molecule has 11 atom stereocenters. The summed E-state index contributed by atoms with van der Waals surface area (Å²) in [5.74, 6) is 1.44. The smallest absolute Gasteiger partial charge is 0.0810 e. The SMILES string of the molecule is C=C1C2CC3(CC4C5N(CC)CC6(C)CCC(O)C5(C46)C3CC2O)C1O. The quantitative estimate of drug-likeness (QED) is 0.625. The van der Waals surface area contributed by atoms with E-state index in [0.29, 0.717) is 17.9 Å². The molecule has 1 aliphatic heterocycles. The number of piperidine rings is 2. The van der Waals surface area contributed by atoms with Crippen molar-refractivity contribution in [3.8, 4) is 0 Å². The average Bonchev–Trinajstić information content (AvgIpc) is 2.81. The first-order valence-corrected chi connectivity index (χ1v) is 10.8. The number of rotatable bonds is 1. The number of hydrogen-bond donors (Lipinski definition) is 3. The van der Waals surface area contributed by atoms with Crippen LogP contribution < -0.4 is 0 Å². The summed E-state index contributed by atoms with van der Waals surface area (Å²) in [6, 6.07) is 0.446. The van der Waals surface area contributed by atoms with Crippen LogP contribution in [-0.4, -0.2) is 57.7 Å². The van der Waals surface area contributed by atoms with Gasteiger partial charge >= 0.3 is 0 Å². The fourth-order valence-corrected chi connectivity index (χ4v) is 9.96. The summed E-state index contributed by atoms with van der Waals surface area (Å²) in [5, 5.41) is 33.6. The van der Waals surface area contributed by atoms with E-state index in [9.17, 15) is 15.3 Å². The maximum absolute atomic E-state index is 11.4. The molecule has 7 fully saturated rings. The zero-order chi connectivity index (χ0) is 18.2. The summed E-state index contributed by atoms with van der Waals surface area (Å²) in [4.78, 5) is 2.65. The Labute approximate surface area is 156 Å². The molecule has 0 aromatic rings. The average molecular weight is 360 g/mol. The molecule has 4 heteroatoms. The lowest BCUT2D eigenvalue weighted by Gasteiger charge is -2.84. The molecule has 6 saturated carbocycles. The lowest BCUT2D eigenvalue weighted by molar-refractivity contribution is -0.384. The second kappa shape index (κ2) is 4.59. The van der Waals surface area contributed by atoms with E-state index in [1.165, 1.54) is 0 Å². The highest BCUT2D eigenvalue weighted by Gasteiger charge is 2.84. The molecule has 0 aromatic carbocycles. The van der Waals surface area contributed by atoms with Crippen molar-refractivity contribution in [2.24, 2.45) is 39.9 Å². The number of fused-ring (bicyclic) bond motifs is 1. The molecular weight excluding hydrogens is 326 g/mol. The van der Waals surface area contributed by atoms with Crippen molar-refractivity contribution in [1.82, 2.24) is 4.90 Å². The molecule has 2 spiro atoms. The van der Waals surface area contributed by atoms with Gasteiger partial charge in [-0.3, -0.25) is 4.90 Å². The molecule has 4 nitrogen and oxygen atoms in total. The molecule has 0 amide bonds. The van der Waals surface area contributed by atoms with E-state index in [1.54, 1.807) is 0 Å². The van der Waals surface area contributed by atoms with E-state index in [2.05, 4.69) is 25.3 Å². The Morgan fingerprint density at radius 3 is 2.73 bits per heavy atom. The highest BCUT2D eigenvalue weighted by atomic mass is 16.3. The molecule has 7 aliphatic rings. The lowest BCUT2D eigenvalue weighted by atomic mass is 9.24. The van der Waals surface area contributed by atoms with Gasteiger partial charge in [-0.1, -0.05) is 20.4 Å². The van der Waals surface area contributed by atoms with Crippen molar-refractivity contribution in [1.29, 1.82) is 0 Å². The van der Waals surface area contributed by atoms with E-state index in [1.807, 2.05) is 0 Å². The summed E-state index contributed by atoms with van der Waals surface area (Å²) in [7, 11) is 0. The Morgan fingerprint density at radius 1 is 1.23 bits per heavy atom. The van der Waals surface area contributed by atoms with E-state index in [4.69, 9.17) is 0 Å². The zero-order valence-electron chi connectivity index (χ0n) is 16.1. The van der Waals surface area contributed by atoms with Crippen LogP contribution in [0.4, 0.5) is 0 Å². The fourth-order valence-electron chi connectivity index (χ4n) is 9.96. The second-order valence-electron chi connectivity index (χ2n) is 10.9. The van der Waals surface area contributed by atoms with Gasteiger partial charge in [0.15, 0.2) is 0 Å². The predicted octanol–water partition coefficient (Wildman–Crippen LogP) is 1.79. The van der Waals surface area contributed by atoms with Crippen LogP contribution in [0.3, 0.4) is 0 Å². The molecular formula is C22H33NO3. The third-order valence-electron chi connectivity index (χ3n) is 10.4. The van der Waals surface area contributed by atoms with Crippen molar-refractivity contribution < 1.29 is 15.3 Å². The van der Waals surface area contributed by atoms with Crippen molar-refractivity contribution in [3.63, 3.8) is 0 Å². The van der Waals surface area contributed by atoms with Crippen molar-refractivity contribution in [2.45, 2.75) is 70.3 Å². The van der Waals surface area contributed by atoms with Gasteiger partial charge in [-0.25, -0.2) is 0 Å². The van der Waals surface area contributed by atoms with E-state index in [-0.39, 0.29) is 34.2 Å². The van der Waals surface area contributed by atoms with Crippen molar-refractivity contribution >= 4 is 0 Å².